The van der Waals surface area contributed by atoms with Crippen molar-refractivity contribution in [2.75, 3.05) is 13.1 Å². The van der Waals surface area contributed by atoms with E-state index in [1.807, 2.05) is 5.51 Å². The average molecular weight is 265 g/mol. The molecular formula is C14H23N3S. The Bertz CT molecular complexity index is 359. The fourth-order valence-corrected chi connectivity index (χ4v) is 4.17. The maximum absolute atomic E-state index is 4.51. The van der Waals surface area contributed by atoms with Gasteiger partial charge < -0.3 is 5.32 Å². The summed E-state index contributed by atoms with van der Waals surface area (Å²) in [5.74, 6) is 0. The van der Waals surface area contributed by atoms with E-state index >= 15 is 0 Å². The Morgan fingerprint density at radius 2 is 2.33 bits per heavy atom. The van der Waals surface area contributed by atoms with Crippen LogP contribution in [0.15, 0.2) is 10.9 Å². The summed E-state index contributed by atoms with van der Waals surface area (Å²) in [6.45, 7) is 4.77. The van der Waals surface area contributed by atoms with E-state index in [4.69, 9.17) is 0 Å². The molecule has 1 aromatic heterocycles. The molecule has 1 N–H and O–H groups in total. The van der Waals surface area contributed by atoms with Gasteiger partial charge in [0.1, 0.15) is 0 Å². The standard InChI is InChI=1S/C14H23N3S/c1-11(13-9-18-10-16-13)17-8-3-2-6-14(17)12-5-4-7-15-12/h9-12,14-15H,2-8H2,1H3. The van der Waals surface area contributed by atoms with Crippen LogP contribution in [-0.4, -0.2) is 35.1 Å². The summed E-state index contributed by atoms with van der Waals surface area (Å²) in [5.41, 5.74) is 3.21. The van der Waals surface area contributed by atoms with Crippen LogP contribution >= 0.6 is 11.3 Å². The minimum atomic E-state index is 0.476. The van der Waals surface area contributed by atoms with Gasteiger partial charge in [0.2, 0.25) is 0 Å². The van der Waals surface area contributed by atoms with E-state index in [0.717, 1.165) is 6.04 Å². The molecule has 2 fully saturated rings. The van der Waals surface area contributed by atoms with Gasteiger partial charge in [-0.05, 0) is 45.7 Å². The first kappa shape index (κ1) is 12.6. The first-order chi connectivity index (χ1) is 8.86. The molecule has 3 unspecified atom stereocenters. The van der Waals surface area contributed by atoms with Gasteiger partial charge in [0.25, 0.3) is 0 Å². The molecule has 18 heavy (non-hydrogen) atoms. The lowest BCUT2D eigenvalue weighted by Crippen LogP contribution is -2.51. The zero-order valence-electron chi connectivity index (χ0n) is 11.1. The van der Waals surface area contributed by atoms with E-state index < -0.39 is 0 Å². The minimum Gasteiger partial charge on any atom is -0.312 e. The summed E-state index contributed by atoms with van der Waals surface area (Å²) in [4.78, 5) is 7.20. The molecule has 0 amide bonds. The molecule has 2 aliphatic heterocycles. The molecule has 3 nitrogen and oxygen atoms in total. The Labute approximate surface area is 114 Å². The molecule has 3 atom stereocenters. The Morgan fingerprint density at radius 1 is 1.39 bits per heavy atom. The monoisotopic (exact) mass is 265 g/mol. The van der Waals surface area contributed by atoms with Crippen molar-refractivity contribution in [3.05, 3.63) is 16.6 Å². The number of nitrogens with one attached hydrogen (secondary N) is 1. The van der Waals surface area contributed by atoms with Gasteiger partial charge in [-0.2, -0.15) is 0 Å². The van der Waals surface area contributed by atoms with Crippen molar-refractivity contribution in [2.24, 2.45) is 0 Å². The number of piperidine rings is 1. The predicted molar refractivity (Wildman–Crippen MR) is 75.9 cm³/mol. The second kappa shape index (κ2) is 5.68. The summed E-state index contributed by atoms with van der Waals surface area (Å²) in [6, 6.07) is 1.91. The van der Waals surface area contributed by atoms with Gasteiger partial charge in [0, 0.05) is 17.5 Å². The fourth-order valence-electron chi connectivity index (χ4n) is 3.53. The summed E-state index contributed by atoms with van der Waals surface area (Å²) in [6.07, 6.45) is 6.79. The van der Waals surface area contributed by atoms with Crippen molar-refractivity contribution < 1.29 is 0 Å². The van der Waals surface area contributed by atoms with Crippen molar-refractivity contribution in [1.29, 1.82) is 0 Å². The lowest BCUT2D eigenvalue weighted by atomic mass is 9.92. The summed E-state index contributed by atoms with van der Waals surface area (Å²) in [7, 11) is 0. The molecule has 0 saturated carbocycles. The largest absolute Gasteiger partial charge is 0.312 e. The molecule has 1 aromatic rings. The van der Waals surface area contributed by atoms with Gasteiger partial charge >= 0.3 is 0 Å². The third-order valence-electron chi connectivity index (χ3n) is 4.53. The highest BCUT2D eigenvalue weighted by molar-refractivity contribution is 7.07. The van der Waals surface area contributed by atoms with E-state index in [0.29, 0.717) is 12.1 Å². The molecule has 0 aliphatic carbocycles. The van der Waals surface area contributed by atoms with Crippen LogP contribution in [0, 0.1) is 0 Å². The van der Waals surface area contributed by atoms with Crippen molar-refractivity contribution in [1.82, 2.24) is 15.2 Å². The van der Waals surface area contributed by atoms with Crippen molar-refractivity contribution >= 4 is 11.3 Å². The van der Waals surface area contributed by atoms with Crippen LogP contribution in [0.1, 0.15) is 50.8 Å². The number of rotatable bonds is 3. The fraction of sp³-hybridized carbons (Fsp3) is 0.786. The van der Waals surface area contributed by atoms with Gasteiger partial charge in [-0.3, -0.25) is 4.90 Å². The minimum absolute atomic E-state index is 0.476. The van der Waals surface area contributed by atoms with Crippen molar-refractivity contribution in [2.45, 2.75) is 57.2 Å². The molecule has 2 aliphatic rings. The van der Waals surface area contributed by atoms with Crippen LogP contribution in [0.4, 0.5) is 0 Å². The quantitative estimate of drug-likeness (QED) is 0.911. The molecule has 0 radical (unpaired) electrons. The zero-order chi connectivity index (χ0) is 12.4. The van der Waals surface area contributed by atoms with Crippen LogP contribution in [0.3, 0.4) is 0 Å². The van der Waals surface area contributed by atoms with Crippen LogP contribution in [0.25, 0.3) is 0 Å². The molecule has 3 rings (SSSR count). The third kappa shape index (κ3) is 2.46. The predicted octanol–water partition coefficient (Wildman–Crippen LogP) is 2.81. The second-order valence-electron chi connectivity index (χ2n) is 5.59. The van der Waals surface area contributed by atoms with Crippen LogP contribution < -0.4 is 5.32 Å². The number of hydrogen-bond acceptors (Lipinski definition) is 4. The Balaban J connectivity index is 1.74. The maximum Gasteiger partial charge on any atom is 0.0795 e. The highest BCUT2D eigenvalue weighted by Gasteiger charge is 2.34. The van der Waals surface area contributed by atoms with Crippen LogP contribution in [0.5, 0.6) is 0 Å². The molecule has 3 heterocycles. The van der Waals surface area contributed by atoms with Crippen molar-refractivity contribution in [3.63, 3.8) is 0 Å². The SMILES string of the molecule is CC(c1cscn1)N1CCCCC1C1CCCN1. The topological polar surface area (TPSA) is 28.2 Å². The second-order valence-corrected chi connectivity index (χ2v) is 6.31. The van der Waals surface area contributed by atoms with E-state index in [-0.39, 0.29) is 0 Å². The highest BCUT2D eigenvalue weighted by atomic mass is 32.1. The molecular weight excluding hydrogens is 242 g/mol. The van der Waals surface area contributed by atoms with Gasteiger partial charge in [-0.15, -0.1) is 11.3 Å². The Hall–Kier alpha value is -0.450. The van der Waals surface area contributed by atoms with Gasteiger partial charge in [-0.1, -0.05) is 6.42 Å². The van der Waals surface area contributed by atoms with Crippen LogP contribution in [0.2, 0.25) is 0 Å². The Morgan fingerprint density at radius 3 is 3.06 bits per heavy atom. The third-order valence-corrected chi connectivity index (χ3v) is 5.14. The van der Waals surface area contributed by atoms with Crippen molar-refractivity contribution in [3.8, 4) is 0 Å². The smallest absolute Gasteiger partial charge is 0.0795 e. The molecule has 0 aromatic carbocycles. The number of nitrogens with zero attached hydrogens (tertiary/aromatic N) is 2. The van der Waals surface area contributed by atoms with E-state index in [1.165, 1.54) is 50.9 Å². The number of hydrogen-bond donors (Lipinski definition) is 1. The van der Waals surface area contributed by atoms with Gasteiger partial charge in [0.15, 0.2) is 0 Å². The summed E-state index contributed by atoms with van der Waals surface area (Å²) < 4.78 is 0. The van der Waals surface area contributed by atoms with E-state index in [1.54, 1.807) is 11.3 Å². The molecule has 4 heteroatoms. The maximum atomic E-state index is 4.51. The van der Waals surface area contributed by atoms with Crippen LogP contribution in [-0.2, 0) is 0 Å². The average Bonchev–Trinajstić information content (AvgIpc) is 3.11. The highest BCUT2D eigenvalue weighted by Crippen LogP contribution is 2.31. The molecule has 2 saturated heterocycles. The number of likely N-dealkylation sites (tertiary alicyclic amines) is 1. The Kier molecular flexibility index (Phi) is 3.97. The van der Waals surface area contributed by atoms with Gasteiger partial charge in [0.05, 0.1) is 17.2 Å². The normalized spacial score (nSPS) is 31.6. The number of aromatic nitrogens is 1. The number of thiazole rings is 1. The summed E-state index contributed by atoms with van der Waals surface area (Å²) in [5, 5.41) is 5.90. The van der Waals surface area contributed by atoms with E-state index in [2.05, 4.69) is 27.5 Å². The zero-order valence-corrected chi connectivity index (χ0v) is 12.0. The molecule has 100 valence electrons. The first-order valence-corrected chi connectivity index (χ1v) is 8.18. The lowest BCUT2D eigenvalue weighted by molar-refractivity contribution is 0.0787. The molecule has 0 bridgehead atoms. The van der Waals surface area contributed by atoms with E-state index in [9.17, 15) is 0 Å². The van der Waals surface area contributed by atoms with Gasteiger partial charge in [-0.25, -0.2) is 4.98 Å². The lowest BCUT2D eigenvalue weighted by Gasteiger charge is -2.42. The first-order valence-electron chi connectivity index (χ1n) is 7.23. The summed E-state index contributed by atoms with van der Waals surface area (Å²) >= 11 is 1.71. The molecule has 0 spiro atoms.